The third-order valence-electron chi connectivity index (χ3n) is 16.4. The van der Waals surface area contributed by atoms with Crippen LogP contribution in [0.1, 0.15) is 0 Å². The number of fused-ring (bicyclic) bond motifs is 3. The maximum Gasteiger partial charge on any atom is 0.0724 e. The van der Waals surface area contributed by atoms with Gasteiger partial charge in [0.1, 0.15) is 0 Å². The van der Waals surface area contributed by atoms with E-state index in [9.17, 15) is 0 Å². The van der Waals surface area contributed by atoms with Crippen LogP contribution in [0.15, 0.2) is 328 Å². The molecule has 0 N–H and O–H groups in total. The Balaban J connectivity index is 0.905. The van der Waals surface area contributed by atoms with Crippen molar-refractivity contribution >= 4 is 21.8 Å². The Morgan fingerprint density at radius 1 is 0.200 bits per heavy atom. The summed E-state index contributed by atoms with van der Waals surface area (Å²) in [4.78, 5) is 14.6. The normalized spacial score (nSPS) is 11.3. The number of pyridine rings is 3. The quantitative estimate of drug-likeness (QED) is 0.122. The van der Waals surface area contributed by atoms with Crippen LogP contribution >= 0.6 is 0 Å². The van der Waals surface area contributed by atoms with Crippen LogP contribution < -0.4 is 0 Å². The van der Waals surface area contributed by atoms with Crippen molar-refractivity contribution in [3.8, 4) is 128 Å². The summed E-state index contributed by atoms with van der Waals surface area (Å²) in [6, 6.07) is 111. The van der Waals surface area contributed by atoms with Crippen molar-refractivity contribution in [2.24, 2.45) is 0 Å². The van der Waals surface area contributed by atoms with Crippen LogP contribution in [0, 0.1) is 0 Å². The van der Waals surface area contributed by atoms with Crippen molar-refractivity contribution in [2.75, 3.05) is 0 Å². The molecule has 0 saturated heterocycles. The average molecular weight is 1080 g/mol. The average Bonchev–Trinajstić information content (AvgIpc) is 3.34. The van der Waals surface area contributed by atoms with Crippen molar-refractivity contribution in [3.05, 3.63) is 328 Å². The van der Waals surface area contributed by atoms with Gasteiger partial charge < -0.3 is 4.57 Å². The number of aromatic nitrogens is 4. The lowest BCUT2D eigenvalue weighted by Gasteiger charge is -2.19. The molecular formula is C81H54N4. The van der Waals surface area contributed by atoms with Crippen LogP contribution in [0.25, 0.3) is 150 Å². The molecule has 0 aliphatic carbocycles. The molecular weight excluding hydrogens is 1030 g/mol. The van der Waals surface area contributed by atoms with Crippen LogP contribution in [0.4, 0.5) is 0 Å². The fourth-order valence-electron chi connectivity index (χ4n) is 12.3. The van der Waals surface area contributed by atoms with E-state index in [4.69, 9.17) is 4.98 Å². The highest BCUT2D eigenvalue weighted by atomic mass is 15.0. The summed E-state index contributed by atoms with van der Waals surface area (Å²) in [7, 11) is 0. The van der Waals surface area contributed by atoms with Crippen molar-refractivity contribution < 1.29 is 0 Å². The molecule has 15 aromatic rings. The van der Waals surface area contributed by atoms with Gasteiger partial charge in [0.2, 0.25) is 0 Å². The predicted octanol–water partition coefficient (Wildman–Crippen LogP) is 21.3. The van der Waals surface area contributed by atoms with Crippen LogP contribution in [-0.2, 0) is 0 Å². The van der Waals surface area contributed by atoms with Gasteiger partial charge in [-0.15, -0.1) is 0 Å². The SMILES string of the molecule is c1ccc(-c2ccc(-c3cc(-c4cc5c6ccccc6n(-c6ccccc6)c5cn4)ccc3-c3ccccc3-c3cc(-c4ccccc4-c4ccc(-c5ccccn5)cc4)cc(-c4ccccc4-c4ccc(-c5ccccn5)cc4)c3)cc2)cc1. The zero-order valence-electron chi connectivity index (χ0n) is 46.5. The van der Waals surface area contributed by atoms with Crippen LogP contribution in [-0.4, -0.2) is 19.5 Å². The molecule has 0 atom stereocenters. The third-order valence-corrected chi connectivity index (χ3v) is 16.4. The molecule has 0 unspecified atom stereocenters. The van der Waals surface area contributed by atoms with Crippen molar-refractivity contribution in [1.29, 1.82) is 0 Å². The minimum Gasteiger partial charge on any atom is -0.308 e. The first-order valence-corrected chi connectivity index (χ1v) is 28.9. The third kappa shape index (κ3) is 9.78. The summed E-state index contributed by atoms with van der Waals surface area (Å²) in [5, 5.41) is 2.35. The monoisotopic (exact) mass is 1080 g/mol. The minimum atomic E-state index is 0.915. The van der Waals surface area contributed by atoms with E-state index >= 15 is 0 Å². The molecule has 0 saturated carbocycles. The molecule has 4 heterocycles. The fourth-order valence-corrected chi connectivity index (χ4v) is 12.3. The second-order valence-electron chi connectivity index (χ2n) is 21.5. The molecule has 0 radical (unpaired) electrons. The Hall–Kier alpha value is -11.3. The Kier molecular flexibility index (Phi) is 13.2. The van der Waals surface area contributed by atoms with Gasteiger partial charge in [-0.25, -0.2) is 0 Å². The molecule has 0 amide bonds. The lowest BCUT2D eigenvalue weighted by atomic mass is 9.84. The molecule has 0 bridgehead atoms. The van der Waals surface area contributed by atoms with E-state index in [2.05, 4.69) is 300 Å². The lowest BCUT2D eigenvalue weighted by molar-refractivity contribution is 1.17. The van der Waals surface area contributed by atoms with Crippen LogP contribution in [0.2, 0.25) is 0 Å². The predicted molar refractivity (Wildman–Crippen MR) is 354 cm³/mol. The fraction of sp³-hybridized carbons (Fsp3) is 0. The topological polar surface area (TPSA) is 43.6 Å². The molecule has 11 aromatic carbocycles. The Morgan fingerprint density at radius 3 is 1.14 bits per heavy atom. The largest absolute Gasteiger partial charge is 0.308 e. The highest BCUT2D eigenvalue weighted by Gasteiger charge is 2.21. The summed E-state index contributed by atoms with van der Waals surface area (Å²) in [6.45, 7) is 0. The first-order valence-electron chi connectivity index (χ1n) is 28.9. The van der Waals surface area contributed by atoms with Gasteiger partial charge in [-0.3, -0.25) is 15.0 Å². The summed E-state index contributed by atoms with van der Waals surface area (Å²) in [6.07, 6.45) is 5.74. The van der Waals surface area contributed by atoms with Crippen LogP contribution in [0.5, 0.6) is 0 Å². The standard InChI is InChI=1S/C81H54N4/c1-3-19-55(20-4-1)56-33-35-59(36-34-56)75-52-62(79-53-76-74-29-13-14-32-80(74)85(81(76)54-84-79)66-21-5-2-6-22-66)45-46-73(75)72-28-12-11-27-71(72)65-50-63(69-25-9-7-23-67(69)57-37-41-60(42-38-57)77-30-15-17-47-82-77)49-64(51-65)70-26-10-8-24-68(70)58-39-43-61(44-40-58)78-31-16-18-48-83-78/h1-54H. The molecule has 0 spiro atoms. The number of para-hydroxylation sites is 2. The maximum atomic E-state index is 5.26. The van der Waals surface area contributed by atoms with Gasteiger partial charge in [0, 0.05) is 45.5 Å². The first-order chi connectivity index (χ1) is 42.1. The van der Waals surface area contributed by atoms with Gasteiger partial charge >= 0.3 is 0 Å². The van der Waals surface area contributed by atoms with Gasteiger partial charge in [-0.05, 0) is 162 Å². The number of nitrogens with zero attached hydrogens (tertiary/aromatic N) is 4. The Bertz CT molecular complexity index is 4740. The van der Waals surface area contributed by atoms with Gasteiger partial charge in [0.05, 0.1) is 34.3 Å². The van der Waals surface area contributed by atoms with Crippen molar-refractivity contribution in [1.82, 2.24) is 19.5 Å². The van der Waals surface area contributed by atoms with Gasteiger partial charge in [0.25, 0.3) is 0 Å². The molecule has 15 rings (SSSR count). The van der Waals surface area contributed by atoms with Gasteiger partial charge in [-0.1, -0.05) is 237 Å². The number of hydrogen-bond donors (Lipinski definition) is 0. The van der Waals surface area contributed by atoms with E-state index in [0.29, 0.717) is 0 Å². The Labute approximate surface area is 495 Å². The zero-order chi connectivity index (χ0) is 56.5. The van der Waals surface area contributed by atoms with E-state index in [1.54, 1.807) is 0 Å². The summed E-state index contributed by atoms with van der Waals surface area (Å²) in [5.41, 5.74) is 27.5. The molecule has 4 nitrogen and oxygen atoms in total. The van der Waals surface area contributed by atoms with E-state index in [-0.39, 0.29) is 0 Å². The maximum absolute atomic E-state index is 5.26. The highest BCUT2D eigenvalue weighted by Crippen LogP contribution is 2.46. The molecule has 0 fully saturated rings. The lowest BCUT2D eigenvalue weighted by Crippen LogP contribution is -1.95. The molecule has 4 heteroatoms. The van der Waals surface area contributed by atoms with E-state index in [1.165, 1.54) is 16.5 Å². The number of benzene rings is 11. The molecule has 0 aliphatic heterocycles. The van der Waals surface area contributed by atoms with Gasteiger partial charge in [-0.2, -0.15) is 0 Å². The minimum absolute atomic E-state index is 0.915. The van der Waals surface area contributed by atoms with E-state index in [1.807, 2.05) is 42.9 Å². The Morgan fingerprint density at radius 2 is 0.600 bits per heavy atom. The van der Waals surface area contributed by atoms with E-state index < -0.39 is 0 Å². The first kappa shape index (κ1) is 50.6. The smallest absolute Gasteiger partial charge is 0.0724 e. The van der Waals surface area contributed by atoms with Crippen molar-refractivity contribution in [2.45, 2.75) is 0 Å². The molecule has 0 aliphatic rings. The molecule has 4 aromatic heterocycles. The van der Waals surface area contributed by atoms with E-state index in [0.717, 1.165) is 134 Å². The summed E-state index contributed by atoms with van der Waals surface area (Å²) < 4.78 is 2.32. The van der Waals surface area contributed by atoms with Crippen LogP contribution in [0.3, 0.4) is 0 Å². The van der Waals surface area contributed by atoms with Gasteiger partial charge in [0.15, 0.2) is 0 Å². The molecule has 85 heavy (non-hydrogen) atoms. The zero-order valence-corrected chi connectivity index (χ0v) is 46.5. The molecule has 398 valence electrons. The number of hydrogen-bond acceptors (Lipinski definition) is 3. The van der Waals surface area contributed by atoms with Crippen molar-refractivity contribution in [3.63, 3.8) is 0 Å². The second-order valence-corrected chi connectivity index (χ2v) is 21.5. The second kappa shape index (κ2) is 22.2. The number of rotatable bonds is 12. The summed E-state index contributed by atoms with van der Waals surface area (Å²) >= 11 is 0. The summed E-state index contributed by atoms with van der Waals surface area (Å²) in [5.74, 6) is 0. The highest BCUT2D eigenvalue weighted by molar-refractivity contribution is 6.10.